The van der Waals surface area contributed by atoms with E-state index in [1.165, 1.54) is 4.57 Å². The first-order valence-corrected chi connectivity index (χ1v) is 6.76. The molecule has 0 fully saturated rings. The van der Waals surface area contributed by atoms with Crippen LogP contribution in [-0.4, -0.2) is 4.57 Å². The zero-order valence-corrected chi connectivity index (χ0v) is 12.1. The number of aromatic nitrogens is 1. The Balaban J connectivity index is 2.08. The van der Waals surface area contributed by atoms with Crippen molar-refractivity contribution >= 4 is 27.0 Å². The van der Waals surface area contributed by atoms with Gasteiger partial charge in [0.1, 0.15) is 5.76 Å². The Morgan fingerprint density at radius 2 is 2.05 bits per heavy atom. The summed E-state index contributed by atoms with van der Waals surface area (Å²) in [6.07, 6.45) is 1.72. The summed E-state index contributed by atoms with van der Waals surface area (Å²) < 4.78 is 12.0. The number of benzene rings is 1. The summed E-state index contributed by atoms with van der Waals surface area (Å²) in [6, 6.07) is 7.71. The summed E-state index contributed by atoms with van der Waals surface area (Å²) >= 11 is 3.63. The van der Waals surface area contributed by atoms with Crippen LogP contribution in [-0.2, 0) is 7.05 Å². The summed E-state index contributed by atoms with van der Waals surface area (Å²) in [6.45, 7) is 1.91. The smallest absolute Gasteiger partial charge is 0.419 e. The third-order valence-electron chi connectivity index (χ3n) is 3.15. The highest BCUT2D eigenvalue weighted by Crippen LogP contribution is 2.33. The van der Waals surface area contributed by atoms with Crippen molar-refractivity contribution in [3.8, 4) is 0 Å². The lowest BCUT2D eigenvalue weighted by molar-refractivity contribution is 0.527. The fourth-order valence-electron chi connectivity index (χ4n) is 2.10. The van der Waals surface area contributed by atoms with Gasteiger partial charge >= 0.3 is 5.76 Å². The van der Waals surface area contributed by atoms with E-state index in [2.05, 4.69) is 15.9 Å². The second-order valence-corrected chi connectivity index (χ2v) is 5.42. The van der Waals surface area contributed by atoms with Crippen LogP contribution in [0, 0.1) is 6.92 Å². The molecule has 4 nitrogen and oxygen atoms in total. The molecule has 98 valence electrons. The molecule has 0 aliphatic carbocycles. The van der Waals surface area contributed by atoms with Gasteiger partial charge in [-0.05, 0) is 30.7 Å². The van der Waals surface area contributed by atoms with Crippen molar-refractivity contribution in [2.45, 2.75) is 11.8 Å². The van der Waals surface area contributed by atoms with Crippen molar-refractivity contribution in [3.05, 3.63) is 58.0 Å². The third kappa shape index (κ3) is 2.04. The van der Waals surface area contributed by atoms with Gasteiger partial charge in [0.15, 0.2) is 5.58 Å². The molecular weight excluding hydrogens is 310 g/mol. The summed E-state index contributed by atoms with van der Waals surface area (Å²) in [4.78, 5) is 11.5. The van der Waals surface area contributed by atoms with E-state index in [-0.39, 0.29) is 10.6 Å². The molecule has 19 heavy (non-hydrogen) atoms. The molecule has 3 aromatic rings. The van der Waals surface area contributed by atoms with E-state index in [0.29, 0.717) is 5.58 Å². The molecular formula is C14H12BrNO3. The summed E-state index contributed by atoms with van der Waals surface area (Å²) in [5, 5.41) is 0. The van der Waals surface area contributed by atoms with E-state index >= 15 is 0 Å². The number of oxazole rings is 1. The van der Waals surface area contributed by atoms with Gasteiger partial charge in [-0.1, -0.05) is 22.0 Å². The number of aryl methyl sites for hydroxylation is 2. The topological polar surface area (TPSA) is 48.3 Å². The van der Waals surface area contributed by atoms with Gasteiger partial charge in [-0.25, -0.2) is 4.79 Å². The Bertz CT molecular complexity index is 796. The SMILES string of the molecule is Cc1cc(C(Br)c2ccc3c(c2)oc(=O)n3C)co1. The van der Waals surface area contributed by atoms with Gasteiger partial charge in [-0.3, -0.25) is 4.57 Å². The van der Waals surface area contributed by atoms with Crippen LogP contribution in [0.2, 0.25) is 0 Å². The lowest BCUT2D eigenvalue weighted by Crippen LogP contribution is -2.08. The number of rotatable bonds is 2. The first kappa shape index (κ1) is 12.3. The number of hydrogen-bond donors (Lipinski definition) is 0. The molecule has 0 aliphatic heterocycles. The highest BCUT2D eigenvalue weighted by molar-refractivity contribution is 9.09. The first-order chi connectivity index (χ1) is 9.06. The Morgan fingerprint density at radius 1 is 1.26 bits per heavy atom. The molecule has 0 bridgehead atoms. The average molecular weight is 322 g/mol. The summed E-state index contributed by atoms with van der Waals surface area (Å²) in [7, 11) is 1.69. The Labute approximate surface area is 117 Å². The molecule has 0 saturated heterocycles. The Morgan fingerprint density at radius 3 is 2.74 bits per heavy atom. The van der Waals surface area contributed by atoms with E-state index in [1.54, 1.807) is 13.3 Å². The molecule has 0 aliphatic rings. The maximum atomic E-state index is 11.5. The van der Waals surface area contributed by atoms with Crippen LogP contribution < -0.4 is 5.76 Å². The van der Waals surface area contributed by atoms with Crippen LogP contribution in [0.1, 0.15) is 21.7 Å². The maximum absolute atomic E-state index is 11.5. The summed E-state index contributed by atoms with van der Waals surface area (Å²) in [5.41, 5.74) is 3.43. The third-order valence-corrected chi connectivity index (χ3v) is 4.21. The molecule has 0 amide bonds. The van der Waals surface area contributed by atoms with E-state index in [0.717, 1.165) is 22.4 Å². The molecule has 1 atom stereocenters. The highest BCUT2D eigenvalue weighted by Gasteiger charge is 2.15. The Kier molecular flexibility index (Phi) is 2.86. The molecule has 2 aromatic heterocycles. The highest BCUT2D eigenvalue weighted by atomic mass is 79.9. The van der Waals surface area contributed by atoms with Crippen LogP contribution in [0.5, 0.6) is 0 Å². The molecule has 0 spiro atoms. The lowest BCUT2D eigenvalue weighted by Gasteiger charge is -2.07. The fraction of sp³-hybridized carbons (Fsp3) is 0.214. The van der Waals surface area contributed by atoms with Crippen LogP contribution in [0.15, 0.2) is 44.2 Å². The van der Waals surface area contributed by atoms with Gasteiger partial charge in [-0.15, -0.1) is 0 Å². The number of fused-ring (bicyclic) bond motifs is 1. The molecule has 0 saturated carbocycles. The van der Waals surface area contributed by atoms with Crippen molar-refractivity contribution in [1.29, 1.82) is 0 Å². The quantitative estimate of drug-likeness (QED) is 0.678. The van der Waals surface area contributed by atoms with Crippen molar-refractivity contribution in [1.82, 2.24) is 4.57 Å². The number of alkyl halides is 1. The minimum absolute atomic E-state index is 0.0138. The van der Waals surface area contributed by atoms with Crippen LogP contribution in [0.4, 0.5) is 0 Å². The van der Waals surface area contributed by atoms with E-state index in [1.807, 2.05) is 31.2 Å². The minimum Gasteiger partial charge on any atom is -0.469 e. The van der Waals surface area contributed by atoms with Crippen molar-refractivity contribution in [2.24, 2.45) is 7.05 Å². The number of furan rings is 1. The lowest BCUT2D eigenvalue weighted by atomic mass is 10.1. The normalized spacial score (nSPS) is 13.0. The standard InChI is InChI=1S/C14H12BrNO3/c1-8-5-10(7-18-8)13(15)9-3-4-11-12(6-9)19-14(17)16(11)2/h3-7,13H,1-2H3. The van der Waals surface area contributed by atoms with Gasteiger partial charge < -0.3 is 8.83 Å². The zero-order valence-electron chi connectivity index (χ0n) is 10.5. The number of hydrogen-bond acceptors (Lipinski definition) is 3. The van der Waals surface area contributed by atoms with Crippen molar-refractivity contribution in [2.75, 3.05) is 0 Å². The molecule has 1 unspecified atom stereocenters. The van der Waals surface area contributed by atoms with Crippen LogP contribution in [0.25, 0.3) is 11.1 Å². The maximum Gasteiger partial charge on any atom is 0.419 e. The Hall–Kier alpha value is -1.75. The van der Waals surface area contributed by atoms with Crippen LogP contribution >= 0.6 is 15.9 Å². The monoisotopic (exact) mass is 321 g/mol. The second-order valence-electron chi connectivity index (χ2n) is 4.51. The van der Waals surface area contributed by atoms with Crippen molar-refractivity contribution in [3.63, 3.8) is 0 Å². The van der Waals surface area contributed by atoms with Gasteiger partial charge in [-0.2, -0.15) is 0 Å². The zero-order chi connectivity index (χ0) is 13.6. The predicted molar refractivity (Wildman–Crippen MR) is 75.7 cm³/mol. The van der Waals surface area contributed by atoms with Gasteiger partial charge in [0.25, 0.3) is 0 Å². The van der Waals surface area contributed by atoms with Crippen molar-refractivity contribution < 1.29 is 8.83 Å². The molecule has 0 radical (unpaired) electrons. The largest absolute Gasteiger partial charge is 0.469 e. The van der Waals surface area contributed by atoms with Gasteiger partial charge in [0.2, 0.25) is 0 Å². The molecule has 2 heterocycles. The number of nitrogens with zero attached hydrogens (tertiary/aromatic N) is 1. The van der Waals surface area contributed by atoms with E-state index in [4.69, 9.17) is 8.83 Å². The average Bonchev–Trinajstić information content (AvgIpc) is 2.94. The van der Waals surface area contributed by atoms with Gasteiger partial charge in [0, 0.05) is 12.6 Å². The molecule has 0 N–H and O–H groups in total. The molecule has 5 heteroatoms. The first-order valence-electron chi connectivity index (χ1n) is 5.85. The van der Waals surface area contributed by atoms with E-state index < -0.39 is 0 Å². The van der Waals surface area contributed by atoms with Gasteiger partial charge in [0.05, 0.1) is 16.6 Å². The summed E-state index contributed by atoms with van der Waals surface area (Å²) in [5.74, 6) is 0.518. The van der Waals surface area contributed by atoms with Crippen LogP contribution in [0.3, 0.4) is 0 Å². The van der Waals surface area contributed by atoms with E-state index in [9.17, 15) is 4.79 Å². The predicted octanol–water partition coefficient (Wildman–Crippen LogP) is 3.52. The second kappa shape index (κ2) is 4.42. The fourth-order valence-corrected chi connectivity index (χ4v) is 2.62. The molecule has 3 rings (SSSR count). The molecule has 1 aromatic carbocycles. The minimum atomic E-state index is -0.350. The number of halogens is 1.